The normalized spacial score (nSPS) is 14.8. The molecule has 4 nitrogen and oxygen atoms in total. The number of aliphatic hydroxyl groups is 1. The highest BCUT2D eigenvalue weighted by Gasteiger charge is 2.61. The Bertz CT molecular complexity index is 641. The van der Waals surface area contributed by atoms with Gasteiger partial charge in [0.2, 0.25) is 9.13 Å². The summed E-state index contributed by atoms with van der Waals surface area (Å²) in [6.07, 6.45) is 0. The van der Waals surface area contributed by atoms with E-state index in [9.17, 15) is 9.67 Å². The predicted molar refractivity (Wildman–Crippen MR) is 92.7 cm³/mol. The Morgan fingerprint density at radius 2 is 1.22 bits per heavy atom. The van der Waals surface area contributed by atoms with E-state index in [4.69, 9.17) is 43.9 Å². The Kier molecular flexibility index (Phi) is 5.55. The fraction of sp³-hybridized carbons (Fsp3) is 0.200. The molecule has 1 atom stereocenters. The first-order valence-electron chi connectivity index (χ1n) is 6.54. The smallest absolute Gasteiger partial charge is 0.414 e. The van der Waals surface area contributed by atoms with Crippen LogP contribution in [-0.2, 0) is 4.57 Å². The number of hydrogen-bond acceptors (Lipinski definition) is 4. The molecule has 0 aliphatic rings. The van der Waals surface area contributed by atoms with Crippen molar-refractivity contribution in [3.8, 4) is 11.5 Å². The lowest BCUT2D eigenvalue weighted by molar-refractivity contribution is 0.117. The van der Waals surface area contributed by atoms with Gasteiger partial charge in [0, 0.05) is 0 Å². The van der Waals surface area contributed by atoms with Crippen LogP contribution in [0.1, 0.15) is 6.92 Å². The van der Waals surface area contributed by atoms with E-state index < -0.39 is 16.7 Å². The highest BCUT2D eigenvalue weighted by Crippen LogP contribution is 2.65. The van der Waals surface area contributed by atoms with Crippen molar-refractivity contribution in [3.05, 3.63) is 60.7 Å². The first kappa shape index (κ1) is 18.4. The van der Waals surface area contributed by atoms with Crippen LogP contribution in [0.5, 0.6) is 11.5 Å². The Balaban J connectivity index is 2.44. The second kappa shape index (κ2) is 6.92. The minimum absolute atomic E-state index is 0.210. The molecule has 0 bridgehead atoms. The van der Waals surface area contributed by atoms with Crippen molar-refractivity contribution in [1.29, 1.82) is 0 Å². The molecule has 0 amide bonds. The average molecular weight is 396 g/mol. The van der Waals surface area contributed by atoms with E-state index in [0.717, 1.165) is 6.92 Å². The van der Waals surface area contributed by atoms with Crippen LogP contribution in [-0.4, -0.2) is 14.2 Å². The summed E-state index contributed by atoms with van der Waals surface area (Å²) >= 11 is 17.4. The zero-order valence-electron chi connectivity index (χ0n) is 12.0. The van der Waals surface area contributed by atoms with Gasteiger partial charge in [-0.05, 0) is 31.2 Å². The van der Waals surface area contributed by atoms with Gasteiger partial charge in [-0.1, -0.05) is 71.2 Å². The summed E-state index contributed by atoms with van der Waals surface area (Å²) in [5.74, 6) is 0.419. The zero-order chi connectivity index (χ0) is 17.1. The summed E-state index contributed by atoms with van der Waals surface area (Å²) in [4.78, 5) is 0. The number of rotatable bonds is 5. The van der Waals surface area contributed by atoms with Gasteiger partial charge in [-0.25, -0.2) is 4.57 Å². The summed E-state index contributed by atoms with van der Waals surface area (Å²) in [5.41, 5.74) is 0. The zero-order valence-corrected chi connectivity index (χ0v) is 15.2. The first-order chi connectivity index (χ1) is 10.7. The molecule has 2 rings (SSSR count). The lowest BCUT2D eigenvalue weighted by Crippen LogP contribution is -2.42. The third-order valence-electron chi connectivity index (χ3n) is 3.01. The van der Waals surface area contributed by atoms with Crippen molar-refractivity contribution in [3.63, 3.8) is 0 Å². The van der Waals surface area contributed by atoms with Gasteiger partial charge in [-0.3, -0.25) is 0 Å². The van der Waals surface area contributed by atoms with Gasteiger partial charge < -0.3 is 14.2 Å². The number of hydrogen-bond donors (Lipinski definition) is 1. The third kappa shape index (κ3) is 4.14. The molecular weight excluding hydrogens is 381 g/mol. The molecule has 1 unspecified atom stereocenters. The van der Waals surface area contributed by atoms with E-state index in [-0.39, 0.29) is 11.5 Å². The Morgan fingerprint density at radius 3 is 1.52 bits per heavy atom. The van der Waals surface area contributed by atoms with Gasteiger partial charge in [0.05, 0.1) is 0 Å². The fourth-order valence-corrected chi connectivity index (χ4v) is 4.03. The summed E-state index contributed by atoms with van der Waals surface area (Å²) in [6.45, 7) is 1.09. The molecule has 0 aromatic heterocycles. The molecule has 0 radical (unpaired) electrons. The summed E-state index contributed by atoms with van der Waals surface area (Å²) in [5, 5.41) is 8.19. The Morgan fingerprint density at radius 1 is 0.870 bits per heavy atom. The van der Waals surface area contributed by atoms with Crippen LogP contribution in [0.3, 0.4) is 0 Å². The van der Waals surface area contributed by atoms with E-state index >= 15 is 0 Å². The quantitative estimate of drug-likeness (QED) is 0.543. The number of para-hydroxylation sites is 2. The highest BCUT2D eigenvalue weighted by molar-refractivity contribution is 7.56. The topological polar surface area (TPSA) is 55.8 Å². The second-order valence-electron chi connectivity index (χ2n) is 4.82. The Labute approximate surface area is 149 Å². The van der Waals surface area contributed by atoms with E-state index in [1.54, 1.807) is 60.7 Å². The standard InChI is InChI=1S/C15H14Cl3O4P/c1-14(19,15(16,17)18)23(20,21-12-8-4-2-5-9-12)22-13-10-6-3-7-11-13/h2-11,19H,1H3. The van der Waals surface area contributed by atoms with Crippen LogP contribution in [0.25, 0.3) is 0 Å². The van der Waals surface area contributed by atoms with Crippen molar-refractivity contribution >= 4 is 42.4 Å². The molecule has 0 spiro atoms. The average Bonchev–Trinajstić information content (AvgIpc) is 2.48. The van der Waals surface area contributed by atoms with Gasteiger partial charge in [0.15, 0.2) is 0 Å². The van der Waals surface area contributed by atoms with E-state index in [1.165, 1.54) is 0 Å². The SMILES string of the molecule is CC(O)(C(Cl)(Cl)Cl)P(=O)(Oc1ccccc1)Oc1ccccc1. The van der Waals surface area contributed by atoms with Gasteiger partial charge in [0.1, 0.15) is 11.5 Å². The van der Waals surface area contributed by atoms with Gasteiger partial charge in [0.25, 0.3) is 0 Å². The van der Waals surface area contributed by atoms with Crippen molar-refractivity contribution in [2.75, 3.05) is 0 Å². The van der Waals surface area contributed by atoms with E-state index in [1.807, 2.05) is 0 Å². The fourth-order valence-electron chi connectivity index (χ4n) is 1.59. The van der Waals surface area contributed by atoms with Crippen LogP contribution in [0, 0.1) is 0 Å². The molecular formula is C15H14Cl3O4P. The molecule has 8 heteroatoms. The van der Waals surface area contributed by atoms with Gasteiger partial charge >= 0.3 is 7.60 Å². The maximum atomic E-state index is 13.3. The molecule has 124 valence electrons. The maximum absolute atomic E-state index is 13.3. The van der Waals surface area contributed by atoms with Crippen LogP contribution in [0.2, 0.25) is 0 Å². The van der Waals surface area contributed by atoms with Crippen LogP contribution < -0.4 is 9.05 Å². The van der Waals surface area contributed by atoms with Crippen molar-refractivity contribution in [2.45, 2.75) is 16.1 Å². The molecule has 0 saturated heterocycles. The lowest BCUT2D eigenvalue weighted by atomic mass is 10.3. The molecule has 0 fully saturated rings. The minimum atomic E-state index is -4.33. The van der Waals surface area contributed by atoms with Gasteiger partial charge in [-0.2, -0.15) is 0 Å². The largest absolute Gasteiger partial charge is 0.466 e. The summed E-state index contributed by atoms with van der Waals surface area (Å²) < 4.78 is 21.8. The monoisotopic (exact) mass is 394 g/mol. The van der Waals surface area contributed by atoms with Crippen molar-refractivity contribution in [1.82, 2.24) is 0 Å². The molecule has 23 heavy (non-hydrogen) atoms. The molecule has 0 heterocycles. The van der Waals surface area contributed by atoms with Gasteiger partial charge in [-0.15, -0.1) is 0 Å². The number of benzene rings is 2. The summed E-state index contributed by atoms with van der Waals surface area (Å²) in [7, 11) is -4.33. The van der Waals surface area contributed by atoms with E-state index in [0.29, 0.717) is 0 Å². The molecule has 0 saturated carbocycles. The van der Waals surface area contributed by atoms with Crippen molar-refractivity contribution < 1.29 is 18.7 Å². The maximum Gasteiger partial charge on any atom is 0.466 e. The molecule has 2 aromatic carbocycles. The third-order valence-corrected chi connectivity index (χ3v) is 6.81. The first-order valence-corrected chi connectivity index (χ1v) is 9.22. The molecule has 2 aromatic rings. The van der Waals surface area contributed by atoms with Crippen LogP contribution in [0.15, 0.2) is 60.7 Å². The van der Waals surface area contributed by atoms with Crippen LogP contribution >= 0.6 is 42.4 Å². The molecule has 0 aliphatic heterocycles. The molecule has 0 aliphatic carbocycles. The van der Waals surface area contributed by atoms with Crippen molar-refractivity contribution in [2.24, 2.45) is 0 Å². The minimum Gasteiger partial charge on any atom is -0.414 e. The Hall–Kier alpha value is -0.900. The summed E-state index contributed by atoms with van der Waals surface area (Å²) in [6, 6.07) is 16.4. The lowest BCUT2D eigenvalue weighted by Gasteiger charge is -2.36. The highest BCUT2D eigenvalue weighted by atomic mass is 35.6. The predicted octanol–water partition coefficient (Wildman–Crippen LogP) is 5.42. The van der Waals surface area contributed by atoms with Crippen LogP contribution in [0.4, 0.5) is 0 Å². The number of alkyl halides is 3. The second-order valence-corrected chi connectivity index (χ2v) is 9.34. The van der Waals surface area contributed by atoms with E-state index in [2.05, 4.69) is 0 Å². The number of halogens is 3. The molecule has 1 N–H and O–H groups in total.